The van der Waals surface area contributed by atoms with E-state index in [2.05, 4.69) is 31.5 Å². The predicted octanol–water partition coefficient (Wildman–Crippen LogP) is 1.97. The molecule has 0 fully saturated rings. The normalized spacial score (nSPS) is 10.4. The second-order valence-electron chi connectivity index (χ2n) is 3.52. The Morgan fingerprint density at radius 3 is 2.20 bits per heavy atom. The van der Waals surface area contributed by atoms with E-state index in [-0.39, 0.29) is 0 Å². The molecule has 0 aromatic heterocycles. The Labute approximate surface area is 64.8 Å². The van der Waals surface area contributed by atoms with Crippen LogP contribution < -0.4 is 0 Å². The Bertz CT molecular complexity index is 136. The van der Waals surface area contributed by atoms with E-state index in [0.717, 1.165) is 6.04 Å². The first-order valence-electron chi connectivity index (χ1n) is 3.51. The molecule has 0 aromatic carbocycles. The highest BCUT2D eigenvalue weighted by Gasteiger charge is 2.09. The van der Waals surface area contributed by atoms with Crippen molar-refractivity contribution in [2.24, 2.45) is 0 Å². The maximum atomic E-state index is 4.80. The molecule has 0 amide bonds. The Hall–Kier alpha value is -0.263. The molecule has 0 aliphatic carbocycles. The molecule has 0 aliphatic rings. The van der Waals surface area contributed by atoms with E-state index >= 15 is 0 Å². The summed E-state index contributed by atoms with van der Waals surface area (Å²) in [7, 11) is 0.733. The molecule has 58 valence electrons. The maximum absolute atomic E-state index is 4.80. The molecule has 0 saturated carbocycles. The van der Waals surface area contributed by atoms with Crippen molar-refractivity contribution in [1.29, 1.82) is 0 Å². The summed E-state index contributed by atoms with van der Waals surface area (Å²) < 4.78 is 4.80. The lowest BCUT2D eigenvalue weighted by Gasteiger charge is -2.09. The molecule has 0 unspecified atom stereocenters. The van der Waals surface area contributed by atoms with Crippen LogP contribution in [0.2, 0.25) is 25.7 Å². The van der Waals surface area contributed by atoms with Crippen LogP contribution >= 0.6 is 0 Å². The van der Waals surface area contributed by atoms with E-state index in [9.17, 15) is 0 Å². The van der Waals surface area contributed by atoms with Crippen molar-refractivity contribution in [1.82, 2.24) is 0 Å². The van der Waals surface area contributed by atoms with Crippen molar-refractivity contribution < 1.29 is 4.74 Å². The average Bonchev–Trinajstić information content (AvgIpc) is 1.78. The monoisotopic (exact) mass is 156 g/mol. The third-order valence-electron chi connectivity index (χ3n) is 0.960. The fourth-order valence-electron chi connectivity index (χ4n) is 0.451. The van der Waals surface area contributed by atoms with E-state index in [0.29, 0.717) is 6.61 Å². The summed E-state index contributed by atoms with van der Waals surface area (Å²) in [5, 5.41) is 0. The Morgan fingerprint density at radius 2 is 1.80 bits per heavy atom. The zero-order chi connectivity index (χ0) is 8.04. The van der Waals surface area contributed by atoms with Gasteiger partial charge in [-0.15, -0.1) is 5.92 Å². The third kappa shape index (κ3) is 7.74. The summed E-state index contributed by atoms with van der Waals surface area (Å²) >= 11 is 0. The fraction of sp³-hybridized carbons (Fsp3) is 0.750. The molecule has 1 nitrogen and oxygen atoms in total. The highest BCUT2D eigenvalue weighted by atomic mass is 28.3. The van der Waals surface area contributed by atoms with Crippen molar-refractivity contribution in [2.45, 2.75) is 25.7 Å². The van der Waals surface area contributed by atoms with E-state index in [1.54, 1.807) is 7.11 Å². The molecule has 0 atom stereocenters. The first-order valence-corrected chi connectivity index (χ1v) is 7.21. The largest absolute Gasteiger partial charge is 0.372 e. The Kier molecular flexibility index (Phi) is 4.42. The molecule has 0 heterocycles. The highest BCUT2D eigenvalue weighted by molar-refractivity contribution is 6.76. The van der Waals surface area contributed by atoms with Crippen molar-refractivity contribution in [3.8, 4) is 11.8 Å². The van der Waals surface area contributed by atoms with Crippen molar-refractivity contribution in [3.63, 3.8) is 0 Å². The second-order valence-corrected chi connectivity index (χ2v) is 9.00. The Balaban J connectivity index is 3.46. The second kappa shape index (κ2) is 4.54. The minimum absolute atomic E-state index is 0.574. The maximum Gasteiger partial charge on any atom is 0.107 e. The molecule has 10 heavy (non-hydrogen) atoms. The predicted molar refractivity (Wildman–Crippen MR) is 47.8 cm³/mol. The Morgan fingerprint density at radius 1 is 1.20 bits per heavy atom. The lowest BCUT2D eigenvalue weighted by atomic mass is 10.6. The van der Waals surface area contributed by atoms with Gasteiger partial charge in [-0.05, 0) is 0 Å². The summed E-state index contributed by atoms with van der Waals surface area (Å²) in [4.78, 5) is 0. The van der Waals surface area contributed by atoms with Crippen LogP contribution in [0.3, 0.4) is 0 Å². The first kappa shape index (κ1) is 9.74. The number of hydrogen-bond donors (Lipinski definition) is 0. The number of ether oxygens (including phenoxy) is 1. The quantitative estimate of drug-likeness (QED) is 0.439. The number of hydrogen-bond acceptors (Lipinski definition) is 1. The molecule has 0 spiro atoms. The van der Waals surface area contributed by atoms with Gasteiger partial charge in [-0.1, -0.05) is 25.6 Å². The van der Waals surface area contributed by atoms with Gasteiger partial charge in [0.15, 0.2) is 0 Å². The van der Waals surface area contributed by atoms with E-state index in [1.807, 2.05) is 0 Å². The SMILES string of the molecule is COCC#CC[Si](C)(C)C. The lowest BCUT2D eigenvalue weighted by molar-refractivity contribution is 0.239. The summed E-state index contributed by atoms with van der Waals surface area (Å²) in [6.45, 7) is 7.52. The third-order valence-corrected chi connectivity index (χ3v) is 2.20. The highest BCUT2D eigenvalue weighted by Crippen LogP contribution is 2.05. The molecular formula is C8H16OSi. The van der Waals surface area contributed by atoms with Crippen LogP contribution in [0.5, 0.6) is 0 Å². The molecule has 0 rings (SSSR count). The average molecular weight is 156 g/mol. The summed E-state index contributed by atoms with van der Waals surface area (Å²) in [5.41, 5.74) is 0. The van der Waals surface area contributed by atoms with E-state index < -0.39 is 8.07 Å². The molecule has 0 bridgehead atoms. The van der Waals surface area contributed by atoms with Gasteiger partial charge >= 0.3 is 0 Å². The minimum Gasteiger partial charge on any atom is -0.372 e. The van der Waals surface area contributed by atoms with Gasteiger partial charge in [0.2, 0.25) is 0 Å². The summed E-state index contributed by atoms with van der Waals surface area (Å²) in [5.74, 6) is 6.07. The van der Waals surface area contributed by atoms with Crippen LogP contribution in [-0.2, 0) is 4.74 Å². The molecule has 0 aromatic rings. The fourth-order valence-corrected chi connectivity index (χ4v) is 1.11. The van der Waals surface area contributed by atoms with Crippen molar-refractivity contribution in [2.75, 3.05) is 13.7 Å². The van der Waals surface area contributed by atoms with Gasteiger partial charge in [0.05, 0.1) is 8.07 Å². The standard InChI is InChI=1S/C8H16OSi/c1-9-7-5-6-8-10(2,3)4/h7-8H2,1-4H3. The molecule has 0 aliphatic heterocycles. The van der Waals surface area contributed by atoms with Gasteiger partial charge in [-0.2, -0.15) is 0 Å². The molecule has 2 heteroatoms. The molecular weight excluding hydrogens is 140 g/mol. The van der Waals surface area contributed by atoms with E-state index in [4.69, 9.17) is 4.74 Å². The number of rotatable bonds is 2. The molecule has 0 N–H and O–H groups in total. The van der Waals surface area contributed by atoms with Gasteiger partial charge in [0.1, 0.15) is 6.61 Å². The summed E-state index contributed by atoms with van der Waals surface area (Å²) in [6, 6.07) is 1.08. The minimum atomic E-state index is -0.936. The van der Waals surface area contributed by atoms with Crippen LogP contribution in [0.1, 0.15) is 0 Å². The molecule has 0 radical (unpaired) electrons. The molecule has 0 saturated heterocycles. The van der Waals surface area contributed by atoms with Crippen LogP contribution in [0, 0.1) is 11.8 Å². The van der Waals surface area contributed by atoms with Gasteiger partial charge in [0, 0.05) is 13.2 Å². The smallest absolute Gasteiger partial charge is 0.107 e. The van der Waals surface area contributed by atoms with E-state index in [1.165, 1.54) is 0 Å². The zero-order valence-corrected chi connectivity index (χ0v) is 8.32. The number of methoxy groups -OCH3 is 1. The van der Waals surface area contributed by atoms with Crippen LogP contribution in [-0.4, -0.2) is 21.8 Å². The van der Waals surface area contributed by atoms with Gasteiger partial charge < -0.3 is 4.74 Å². The van der Waals surface area contributed by atoms with Gasteiger partial charge in [-0.25, -0.2) is 0 Å². The van der Waals surface area contributed by atoms with Crippen LogP contribution in [0.15, 0.2) is 0 Å². The first-order chi connectivity index (χ1) is 4.56. The zero-order valence-electron chi connectivity index (χ0n) is 7.32. The topological polar surface area (TPSA) is 9.23 Å². The summed E-state index contributed by atoms with van der Waals surface area (Å²) in [6.07, 6.45) is 0. The lowest BCUT2D eigenvalue weighted by Crippen LogP contribution is -2.17. The van der Waals surface area contributed by atoms with Crippen LogP contribution in [0.4, 0.5) is 0 Å². The van der Waals surface area contributed by atoms with Crippen molar-refractivity contribution in [3.05, 3.63) is 0 Å². The van der Waals surface area contributed by atoms with Crippen molar-refractivity contribution >= 4 is 8.07 Å². The van der Waals surface area contributed by atoms with Crippen LogP contribution in [0.25, 0.3) is 0 Å². The van der Waals surface area contributed by atoms with Gasteiger partial charge in [-0.3, -0.25) is 0 Å². The van der Waals surface area contributed by atoms with Gasteiger partial charge in [0.25, 0.3) is 0 Å².